The van der Waals surface area contributed by atoms with Crippen molar-refractivity contribution in [2.24, 2.45) is 5.10 Å². The Morgan fingerprint density at radius 3 is 2.25 bits per heavy atom. The van der Waals surface area contributed by atoms with Gasteiger partial charge < -0.3 is 23.9 Å². The van der Waals surface area contributed by atoms with Gasteiger partial charge in [0.1, 0.15) is 5.69 Å². The maximum atomic E-state index is 13.3. The molecule has 44 heavy (non-hydrogen) atoms. The summed E-state index contributed by atoms with van der Waals surface area (Å²) in [7, 11) is 2.83. The number of methoxy groups -OCH3 is 2. The molecule has 0 aliphatic rings. The molecule has 0 saturated carbocycles. The summed E-state index contributed by atoms with van der Waals surface area (Å²) in [6, 6.07) is 24.8. The number of esters is 2. The van der Waals surface area contributed by atoms with Crippen molar-refractivity contribution in [2.45, 2.75) is 6.92 Å². The molecule has 222 valence electrons. The number of fused-ring (bicyclic) bond motifs is 1. The molecule has 10 nitrogen and oxygen atoms in total. The molecule has 5 aromatic rings. The minimum atomic E-state index is -0.674. The number of hydrogen-bond donors (Lipinski definition) is 2. The summed E-state index contributed by atoms with van der Waals surface area (Å²) in [5, 5.41) is 5.08. The summed E-state index contributed by atoms with van der Waals surface area (Å²) in [6.45, 7) is 1.27. The minimum Gasteiger partial charge on any atom is -0.493 e. The number of ether oxygens (including phenoxy) is 4. The van der Waals surface area contributed by atoms with E-state index in [1.807, 2.05) is 48.5 Å². The highest BCUT2D eigenvalue weighted by Crippen LogP contribution is 2.34. The molecule has 1 aromatic heterocycles. The van der Waals surface area contributed by atoms with Crippen LogP contribution in [0.1, 0.15) is 33.3 Å². The molecule has 0 spiro atoms. The Morgan fingerprint density at radius 2 is 1.52 bits per heavy atom. The van der Waals surface area contributed by atoms with Crippen LogP contribution >= 0.6 is 22.6 Å². The largest absolute Gasteiger partial charge is 0.493 e. The smallest absolute Gasteiger partial charge is 0.343 e. The van der Waals surface area contributed by atoms with E-state index in [4.69, 9.17) is 18.9 Å². The molecule has 2 N–H and O–H groups in total. The Morgan fingerprint density at radius 1 is 0.818 bits per heavy atom. The zero-order valence-corrected chi connectivity index (χ0v) is 26.0. The van der Waals surface area contributed by atoms with Crippen LogP contribution in [0.25, 0.3) is 22.0 Å². The number of carbonyl (C=O) groups excluding carboxylic acids is 3. The zero-order chi connectivity index (χ0) is 31.2. The summed E-state index contributed by atoms with van der Waals surface area (Å²) < 4.78 is 22.3. The predicted octanol–water partition coefficient (Wildman–Crippen LogP) is 6.37. The third-order valence-electron chi connectivity index (χ3n) is 6.47. The monoisotopic (exact) mass is 703 g/mol. The Kier molecular flexibility index (Phi) is 9.24. The maximum absolute atomic E-state index is 13.3. The number of benzene rings is 4. The maximum Gasteiger partial charge on any atom is 0.343 e. The number of rotatable bonds is 9. The summed E-state index contributed by atoms with van der Waals surface area (Å²) in [4.78, 5) is 40.6. The van der Waals surface area contributed by atoms with Crippen molar-refractivity contribution in [1.82, 2.24) is 10.4 Å². The van der Waals surface area contributed by atoms with Crippen molar-refractivity contribution < 1.29 is 33.3 Å². The number of halogens is 1. The highest BCUT2D eigenvalue weighted by atomic mass is 127. The molecule has 0 atom stereocenters. The van der Waals surface area contributed by atoms with E-state index in [0.29, 0.717) is 11.3 Å². The molecule has 1 amide bonds. The SMILES string of the molecule is COc1cc(C(=O)Oc2ccc(C=NNC(=O)c3[nH]c4ccc(I)cc4c3-c3ccccc3)cc2OC)ccc1OC(C)=O. The van der Waals surface area contributed by atoms with Crippen LogP contribution in [0.15, 0.2) is 90.0 Å². The third kappa shape index (κ3) is 6.73. The van der Waals surface area contributed by atoms with E-state index in [1.54, 1.807) is 18.2 Å². The lowest BCUT2D eigenvalue weighted by molar-refractivity contribution is -0.132. The number of nitrogens with one attached hydrogen (secondary N) is 2. The fourth-order valence-corrected chi connectivity index (χ4v) is 4.99. The third-order valence-corrected chi connectivity index (χ3v) is 7.14. The second-order valence-corrected chi connectivity index (χ2v) is 10.6. The first-order valence-electron chi connectivity index (χ1n) is 13.2. The molecule has 11 heteroatoms. The highest BCUT2D eigenvalue weighted by molar-refractivity contribution is 14.1. The van der Waals surface area contributed by atoms with Crippen LogP contribution in [0.3, 0.4) is 0 Å². The normalized spacial score (nSPS) is 10.9. The van der Waals surface area contributed by atoms with E-state index in [0.717, 1.165) is 25.6 Å². The lowest BCUT2D eigenvalue weighted by Gasteiger charge is -2.12. The van der Waals surface area contributed by atoms with E-state index in [9.17, 15) is 14.4 Å². The number of carbonyl (C=O) groups is 3. The first-order chi connectivity index (χ1) is 21.3. The number of nitrogens with zero attached hydrogens (tertiary/aromatic N) is 1. The van der Waals surface area contributed by atoms with Gasteiger partial charge in [0, 0.05) is 27.0 Å². The van der Waals surface area contributed by atoms with Crippen molar-refractivity contribution >= 4 is 57.6 Å². The Labute approximate surface area is 266 Å². The van der Waals surface area contributed by atoms with Gasteiger partial charge in [0.15, 0.2) is 23.0 Å². The van der Waals surface area contributed by atoms with Gasteiger partial charge >= 0.3 is 11.9 Å². The lowest BCUT2D eigenvalue weighted by Crippen LogP contribution is -2.18. The van der Waals surface area contributed by atoms with Gasteiger partial charge in [-0.25, -0.2) is 10.2 Å². The van der Waals surface area contributed by atoms with Crippen LogP contribution in [0.5, 0.6) is 23.0 Å². The molecule has 0 unspecified atom stereocenters. The van der Waals surface area contributed by atoms with Crippen molar-refractivity contribution in [1.29, 1.82) is 0 Å². The number of amides is 1. The van der Waals surface area contributed by atoms with E-state index in [1.165, 1.54) is 45.6 Å². The number of H-pyrrole nitrogens is 1. The topological polar surface area (TPSA) is 128 Å². The quantitative estimate of drug-likeness (QED) is 0.0601. The number of aromatic amines is 1. The molecule has 0 bridgehead atoms. The van der Waals surface area contributed by atoms with Gasteiger partial charge in [-0.15, -0.1) is 0 Å². The van der Waals surface area contributed by atoms with Crippen LogP contribution in [0.2, 0.25) is 0 Å². The molecule has 0 aliphatic heterocycles. The Bertz CT molecular complexity index is 1900. The minimum absolute atomic E-state index is 0.168. The average Bonchev–Trinajstić information content (AvgIpc) is 3.40. The molecule has 1 heterocycles. The molecular formula is C33H26IN3O7. The summed E-state index contributed by atoms with van der Waals surface area (Å²) in [5.74, 6) is -0.772. The fraction of sp³-hybridized carbons (Fsp3) is 0.0909. The molecule has 0 fully saturated rings. The first-order valence-corrected chi connectivity index (χ1v) is 14.3. The summed E-state index contributed by atoms with van der Waals surface area (Å²) >= 11 is 2.25. The summed E-state index contributed by atoms with van der Waals surface area (Å²) in [5.41, 5.74) is 6.28. The van der Waals surface area contributed by atoms with E-state index >= 15 is 0 Å². The first kappa shape index (κ1) is 30.3. The van der Waals surface area contributed by atoms with Crippen molar-refractivity contribution in [2.75, 3.05) is 14.2 Å². The van der Waals surface area contributed by atoms with Gasteiger partial charge in [-0.05, 0) is 88.3 Å². The van der Waals surface area contributed by atoms with Crippen LogP contribution in [-0.2, 0) is 4.79 Å². The average molecular weight is 703 g/mol. The molecule has 0 aliphatic carbocycles. The molecular weight excluding hydrogens is 677 g/mol. The van der Waals surface area contributed by atoms with Crippen molar-refractivity contribution in [3.63, 3.8) is 0 Å². The second kappa shape index (κ2) is 13.4. The zero-order valence-electron chi connectivity index (χ0n) is 23.8. The summed E-state index contributed by atoms with van der Waals surface area (Å²) in [6.07, 6.45) is 1.46. The fourth-order valence-electron chi connectivity index (χ4n) is 4.50. The highest BCUT2D eigenvalue weighted by Gasteiger charge is 2.20. The number of hydrazone groups is 1. The lowest BCUT2D eigenvalue weighted by atomic mass is 10.0. The van der Waals surface area contributed by atoms with E-state index < -0.39 is 17.8 Å². The standard InChI is InChI=1S/C33H26IN3O7/c1-19(38)43-26-14-10-22(16-29(26)42-3)33(40)44-27-13-9-20(15-28(27)41-2)18-35-37-32(39)31-30(21-7-5-4-6-8-21)24-17-23(34)11-12-25(24)36-31/h4-18,36H,1-3H3,(H,37,39). The second-order valence-electron chi connectivity index (χ2n) is 9.39. The number of hydrogen-bond acceptors (Lipinski definition) is 8. The molecule has 5 rings (SSSR count). The van der Waals surface area contributed by atoms with Crippen LogP contribution in [0, 0.1) is 3.57 Å². The van der Waals surface area contributed by atoms with Gasteiger partial charge in [-0.2, -0.15) is 5.10 Å². The van der Waals surface area contributed by atoms with Gasteiger partial charge in [-0.3, -0.25) is 9.59 Å². The molecule has 4 aromatic carbocycles. The van der Waals surface area contributed by atoms with Crippen molar-refractivity contribution in [3.05, 3.63) is 105 Å². The predicted molar refractivity (Wildman–Crippen MR) is 174 cm³/mol. The van der Waals surface area contributed by atoms with Crippen LogP contribution < -0.4 is 24.4 Å². The van der Waals surface area contributed by atoms with Gasteiger partial charge in [-0.1, -0.05) is 30.3 Å². The Hall–Kier alpha value is -5.17. The van der Waals surface area contributed by atoms with Gasteiger partial charge in [0.05, 0.1) is 26.0 Å². The molecule has 0 radical (unpaired) electrons. The van der Waals surface area contributed by atoms with Gasteiger partial charge in [0.2, 0.25) is 0 Å². The van der Waals surface area contributed by atoms with Gasteiger partial charge in [0.25, 0.3) is 5.91 Å². The molecule has 0 saturated heterocycles. The Balaban J connectivity index is 1.32. The van der Waals surface area contributed by atoms with Crippen LogP contribution in [-0.4, -0.2) is 43.3 Å². The van der Waals surface area contributed by atoms with Crippen molar-refractivity contribution in [3.8, 4) is 34.1 Å². The van der Waals surface area contributed by atoms with Crippen LogP contribution in [0.4, 0.5) is 0 Å². The number of aromatic nitrogens is 1. The van der Waals surface area contributed by atoms with E-state index in [-0.39, 0.29) is 28.6 Å². The van der Waals surface area contributed by atoms with E-state index in [2.05, 4.69) is 38.1 Å².